The van der Waals surface area contributed by atoms with Crippen molar-refractivity contribution in [1.29, 1.82) is 5.26 Å². The lowest BCUT2D eigenvalue weighted by molar-refractivity contribution is -0.128. The van der Waals surface area contributed by atoms with E-state index < -0.39 is 29.9 Å². The molecule has 11 nitrogen and oxygen atoms in total. The number of nitrogens with one attached hydrogen (secondary N) is 3. The van der Waals surface area contributed by atoms with Gasteiger partial charge in [-0.3, -0.25) is 19.2 Å². The van der Waals surface area contributed by atoms with Gasteiger partial charge in [-0.05, 0) is 50.0 Å². The fourth-order valence-electron chi connectivity index (χ4n) is 3.52. The first-order valence-electron chi connectivity index (χ1n) is 13.2. The highest BCUT2D eigenvalue weighted by molar-refractivity contribution is 5.97. The van der Waals surface area contributed by atoms with Gasteiger partial charge in [-0.15, -0.1) is 0 Å². The second-order valence-electron chi connectivity index (χ2n) is 9.42. The Morgan fingerprint density at radius 2 is 1.79 bits per heavy atom. The van der Waals surface area contributed by atoms with Crippen molar-refractivity contribution in [3.8, 4) is 6.07 Å². The first-order valence-corrected chi connectivity index (χ1v) is 13.2. The minimum Gasteiger partial charge on any atom is -0.391 e. The number of amides is 3. The number of carbonyl (C=O) groups is 4. The highest BCUT2D eigenvalue weighted by Crippen LogP contribution is 2.09. The Morgan fingerprint density at radius 1 is 1.07 bits per heavy atom. The molecule has 4 N–H and O–H groups in total. The summed E-state index contributed by atoms with van der Waals surface area (Å²) in [6.07, 6.45) is 1.93. The summed E-state index contributed by atoms with van der Waals surface area (Å²) in [5.41, 5.74) is 4.29. The predicted octanol–water partition coefficient (Wildman–Crippen LogP) is 2.56. The monoisotopic (exact) mass is 573 g/mol. The lowest BCUT2D eigenvalue weighted by Crippen LogP contribution is -2.53. The molecule has 1 heterocycles. The molecule has 3 amide bonds. The van der Waals surface area contributed by atoms with Crippen LogP contribution in [0.1, 0.15) is 52.3 Å². The van der Waals surface area contributed by atoms with Crippen LogP contribution in [-0.4, -0.2) is 53.0 Å². The van der Waals surface area contributed by atoms with Gasteiger partial charge in [0.15, 0.2) is 12.0 Å². The van der Waals surface area contributed by atoms with Crippen LogP contribution in [0.25, 0.3) is 6.08 Å². The molecule has 3 aromatic rings. The van der Waals surface area contributed by atoms with Crippen molar-refractivity contribution in [2.24, 2.45) is 0 Å². The van der Waals surface area contributed by atoms with E-state index in [2.05, 4.69) is 28.0 Å². The molecule has 3 rings (SSSR count). The lowest BCUT2D eigenvalue weighted by atomic mass is 10.1. The van der Waals surface area contributed by atoms with Crippen LogP contribution < -0.4 is 16.0 Å². The van der Waals surface area contributed by atoms with E-state index in [1.54, 1.807) is 13.0 Å². The van der Waals surface area contributed by atoms with E-state index >= 15 is 0 Å². The molecule has 2 aromatic carbocycles. The van der Waals surface area contributed by atoms with E-state index in [0.29, 0.717) is 18.6 Å². The number of aromatic nitrogens is 1. The van der Waals surface area contributed by atoms with E-state index in [0.717, 1.165) is 23.1 Å². The number of aliphatic hydroxyl groups is 1. The Balaban J connectivity index is 0.000000369. The van der Waals surface area contributed by atoms with Crippen molar-refractivity contribution in [3.05, 3.63) is 93.9 Å². The summed E-state index contributed by atoms with van der Waals surface area (Å²) in [7, 11) is 0. The number of allylic oxidation sites excluding steroid dienone is 1. The number of aryl methyl sites for hydroxylation is 3. The quantitative estimate of drug-likeness (QED) is 0.154. The van der Waals surface area contributed by atoms with E-state index in [4.69, 9.17) is 9.78 Å². The predicted molar refractivity (Wildman–Crippen MR) is 156 cm³/mol. The van der Waals surface area contributed by atoms with Crippen LogP contribution in [0.3, 0.4) is 0 Å². The Kier molecular flexibility index (Phi) is 13.3. The van der Waals surface area contributed by atoms with Crippen LogP contribution >= 0.6 is 0 Å². The molecule has 0 saturated heterocycles. The molecule has 0 spiro atoms. The molecule has 0 aliphatic rings. The van der Waals surface area contributed by atoms with Gasteiger partial charge in [0.1, 0.15) is 17.9 Å². The van der Waals surface area contributed by atoms with Crippen molar-refractivity contribution >= 4 is 30.1 Å². The number of nitriles is 1. The first kappa shape index (κ1) is 33.1. The summed E-state index contributed by atoms with van der Waals surface area (Å²) in [6.45, 7) is 7.06. The lowest BCUT2D eigenvalue weighted by Gasteiger charge is -2.20. The number of nitrogens with zero attached hydrogens (tertiary/aromatic N) is 2. The van der Waals surface area contributed by atoms with Crippen molar-refractivity contribution in [2.45, 2.75) is 52.8 Å². The summed E-state index contributed by atoms with van der Waals surface area (Å²) >= 11 is 0. The Hall–Kier alpha value is -5.08. The second kappa shape index (κ2) is 16.9. The van der Waals surface area contributed by atoms with Gasteiger partial charge in [0.2, 0.25) is 11.8 Å². The van der Waals surface area contributed by atoms with Crippen molar-refractivity contribution < 1.29 is 28.8 Å². The van der Waals surface area contributed by atoms with Crippen molar-refractivity contribution in [1.82, 2.24) is 21.1 Å². The Bertz CT molecular complexity index is 1440. The Morgan fingerprint density at radius 3 is 2.36 bits per heavy atom. The average Bonchev–Trinajstić information content (AvgIpc) is 3.43. The third-order valence-corrected chi connectivity index (χ3v) is 5.88. The number of benzene rings is 2. The standard InChI is InChI=1S/C19H24N4O5.C12H11NO/c1-11-4-6-14(7-5-11)9-20-16(25)10-21-19(27)17(13(3)24)22-18(26)15-8-12(2)28-23-15;1-2-10-4-3-5-11(6-10)7-12(8-13)9-14/h4-8,13,17,24H,9-10H2,1-3H3,(H,20,25)(H,21,27)(H,22,26);3-7,9H,2H2,1H3/b;12-7+/t13-,17?;/m1./s1. The molecule has 0 aliphatic heterocycles. The highest BCUT2D eigenvalue weighted by atomic mass is 16.5. The van der Waals surface area contributed by atoms with Gasteiger partial charge >= 0.3 is 0 Å². The molecule has 0 fully saturated rings. The summed E-state index contributed by atoms with van der Waals surface area (Å²) in [5.74, 6) is -1.30. The maximum atomic E-state index is 12.3. The minimum absolute atomic E-state index is 0.00760. The Labute approximate surface area is 244 Å². The summed E-state index contributed by atoms with van der Waals surface area (Å²) in [5, 5.41) is 29.4. The van der Waals surface area contributed by atoms with E-state index in [1.165, 1.54) is 18.6 Å². The maximum absolute atomic E-state index is 12.3. The van der Waals surface area contributed by atoms with Crippen LogP contribution in [0.5, 0.6) is 0 Å². The molecule has 1 unspecified atom stereocenters. The highest BCUT2D eigenvalue weighted by Gasteiger charge is 2.27. The second-order valence-corrected chi connectivity index (χ2v) is 9.42. The van der Waals surface area contributed by atoms with Gasteiger partial charge in [-0.1, -0.05) is 66.2 Å². The fourth-order valence-corrected chi connectivity index (χ4v) is 3.52. The van der Waals surface area contributed by atoms with Crippen LogP contribution in [0, 0.1) is 25.2 Å². The number of rotatable bonds is 11. The SMILES string of the molecule is CCc1cccc(/C=C(\C#N)C=O)c1.Cc1ccc(CNC(=O)CNC(=O)C(NC(=O)c2cc(C)on2)[C@@H](C)O)cc1. The number of aliphatic hydroxyl groups excluding tert-OH is 1. The van der Waals surface area contributed by atoms with Gasteiger partial charge < -0.3 is 25.6 Å². The average molecular weight is 574 g/mol. The number of aldehydes is 1. The topological polar surface area (TPSA) is 174 Å². The molecule has 0 saturated carbocycles. The molecular formula is C31H35N5O6. The number of hydrogen-bond acceptors (Lipinski definition) is 8. The van der Waals surface area contributed by atoms with E-state index in [-0.39, 0.29) is 17.8 Å². The summed E-state index contributed by atoms with van der Waals surface area (Å²) < 4.78 is 4.81. The minimum atomic E-state index is -1.24. The molecule has 220 valence electrons. The molecule has 42 heavy (non-hydrogen) atoms. The third-order valence-electron chi connectivity index (χ3n) is 5.88. The molecule has 2 atom stereocenters. The van der Waals surface area contributed by atoms with Gasteiger partial charge in [-0.25, -0.2) is 0 Å². The van der Waals surface area contributed by atoms with Gasteiger partial charge in [0.05, 0.1) is 18.2 Å². The zero-order valence-electron chi connectivity index (χ0n) is 24.0. The smallest absolute Gasteiger partial charge is 0.274 e. The van der Waals surface area contributed by atoms with E-state index in [1.807, 2.05) is 61.5 Å². The molecule has 0 bridgehead atoms. The molecule has 0 radical (unpaired) electrons. The van der Waals surface area contributed by atoms with Gasteiger partial charge in [0.25, 0.3) is 5.91 Å². The van der Waals surface area contributed by atoms with Crippen LogP contribution in [0.15, 0.2) is 64.7 Å². The zero-order valence-corrected chi connectivity index (χ0v) is 24.0. The first-order chi connectivity index (χ1) is 20.1. The number of hydrogen-bond donors (Lipinski definition) is 4. The summed E-state index contributed by atoms with van der Waals surface area (Å²) in [4.78, 5) is 46.7. The van der Waals surface area contributed by atoms with Crippen molar-refractivity contribution in [2.75, 3.05) is 6.54 Å². The van der Waals surface area contributed by atoms with Crippen molar-refractivity contribution in [3.63, 3.8) is 0 Å². The van der Waals surface area contributed by atoms with Crippen LogP contribution in [0.4, 0.5) is 0 Å². The van der Waals surface area contributed by atoms with E-state index in [9.17, 15) is 24.3 Å². The molecule has 11 heteroatoms. The summed E-state index contributed by atoms with van der Waals surface area (Å²) in [6, 6.07) is 17.5. The van der Waals surface area contributed by atoms with Gasteiger partial charge in [-0.2, -0.15) is 5.26 Å². The van der Waals surface area contributed by atoms with Crippen LogP contribution in [0.2, 0.25) is 0 Å². The molecule has 0 aliphatic carbocycles. The number of carbonyl (C=O) groups excluding carboxylic acids is 4. The fraction of sp³-hybridized carbons (Fsp3) is 0.290. The normalized spacial score (nSPS) is 12.0. The van der Waals surface area contributed by atoms with Gasteiger partial charge in [0, 0.05) is 12.6 Å². The molecular weight excluding hydrogens is 538 g/mol. The maximum Gasteiger partial charge on any atom is 0.274 e. The zero-order chi connectivity index (χ0) is 31.1. The molecule has 1 aromatic heterocycles. The third kappa shape index (κ3) is 11.2. The van der Waals surface area contributed by atoms with Crippen LogP contribution in [-0.2, 0) is 27.3 Å². The largest absolute Gasteiger partial charge is 0.391 e.